The van der Waals surface area contributed by atoms with Crippen LogP contribution in [0.5, 0.6) is 0 Å². The summed E-state index contributed by atoms with van der Waals surface area (Å²) >= 11 is 0. The molecule has 3 nitrogen and oxygen atoms in total. The van der Waals surface area contributed by atoms with Gasteiger partial charge in [-0.2, -0.15) is 0 Å². The van der Waals surface area contributed by atoms with Crippen LogP contribution in [0.4, 0.5) is 4.79 Å². The van der Waals surface area contributed by atoms with Crippen molar-refractivity contribution in [3.63, 3.8) is 0 Å². The Bertz CT molecular complexity index is 180. The van der Waals surface area contributed by atoms with Gasteiger partial charge in [-0.05, 0) is 25.7 Å². The number of hydrogen-bond acceptors (Lipinski definition) is 1. The van der Waals surface area contributed by atoms with Gasteiger partial charge in [-0.15, -0.1) is 0 Å². The number of amides is 1. The smallest absolute Gasteiger partial charge is 0.407 e. The van der Waals surface area contributed by atoms with Gasteiger partial charge in [0.05, 0.1) is 0 Å². The molecular weight excluding hydrogens is 202 g/mol. The van der Waals surface area contributed by atoms with Crippen LogP contribution >= 0.6 is 0 Å². The number of rotatable bonds is 8. The molecule has 3 heteroatoms. The molecule has 0 aromatic heterocycles. The molecule has 1 N–H and O–H groups in total. The number of nitrogens with zero attached hydrogens (tertiary/aromatic N) is 1. The third-order valence-corrected chi connectivity index (χ3v) is 3.19. The van der Waals surface area contributed by atoms with Crippen molar-refractivity contribution in [2.45, 2.75) is 78.3 Å². The first-order valence-corrected chi connectivity index (χ1v) is 6.63. The summed E-state index contributed by atoms with van der Waals surface area (Å²) < 4.78 is 0. The predicted molar refractivity (Wildman–Crippen MR) is 67.8 cm³/mol. The van der Waals surface area contributed by atoms with Crippen LogP contribution in [0.25, 0.3) is 0 Å². The molecule has 0 fully saturated rings. The average Bonchev–Trinajstić information content (AvgIpc) is 2.26. The second-order valence-corrected chi connectivity index (χ2v) is 4.39. The molecule has 0 spiro atoms. The highest BCUT2D eigenvalue weighted by Gasteiger charge is 2.27. The zero-order chi connectivity index (χ0) is 12.6. The third-order valence-electron chi connectivity index (χ3n) is 3.19. The van der Waals surface area contributed by atoms with Gasteiger partial charge in [-0.25, -0.2) is 4.79 Å². The zero-order valence-corrected chi connectivity index (χ0v) is 11.2. The minimum Gasteiger partial charge on any atom is -0.465 e. The highest BCUT2D eigenvalue weighted by molar-refractivity contribution is 5.65. The van der Waals surface area contributed by atoms with Crippen LogP contribution in [0.15, 0.2) is 0 Å². The Hall–Kier alpha value is -0.730. The first kappa shape index (κ1) is 15.3. The van der Waals surface area contributed by atoms with E-state index in [9.17, 15) is 9.90 Å². The van der Waals surface area contributed by atoms with E-state index in [0.29, 0.717) is 0 Å². The van der Waals surface area contributed by atoms with E-state index >= 15 is 0 Å². The fourth-order valence-corrected chi connectivity index (χ4v) is 2.36. The van der Waals surface area contributed by atoms with Crippen LogP contribution in [0.1, 0.15) is 66.2 Å². The van der Waals surface area contributed by atoms with E-state index in [2.05, 4.69) is 27.7 Å². The van der Waals surface area contributed by atoms with E-state index in [1.54, 1.807) is 4.90 Å². The van der Waals surface area contributed by atoms with E-state index in [0.717, 1.165) is 38.5 Å². The van der Waals surface area contributed by atoms with Gasteiger partial charge < -0.3 is 10.0 Å². The van der Waals surface area contributed by atoms with Crippen molar-refractivity contribution < 1.29 is 9.90 Å². The van der Waals surface area contributed by atoms with E-state index in [4.69, 9.17) is 0 Å². The molecule has 0 aliphatic carbocycles. The van der Waals surface area contributed by atoms with E-state index in [1.807, 2.05) is 0 Å². The lowest BCUT2D eigenvalue weighted by molar-refractivity contribution is 0.0875. The molecule has 2 unspecified atom stereocenters. The number of hydrogen-bond donors (Lipinski definition) is 1. The fraction of sp³-hybridized carbons (Fsp3) is 0.923. The third kappa shape index (κ3) is 4.42. The second kappa shape index (κ2) is 8.43. The Morgan fingerprint density at radius 3 is 1.56 bits per heavy atom. The molecule has 0 aliphatic rings. The van der Waals surface area contributed by atoms with Gasteiger partial charge in [0.25, 0.3) is 0 Å². The summed E-state index contributed by atoms with van der Waals surface area (Å²) in [6.45, 7) is 8.39. The maximum Gasteiger partial charge on any atom is 0.407 e. The molecule has 0 aromatic rings. The minimum atomic E-state index is -0.749. The normalized spacial score (nSPS) is 14.5. The maximum atomic E-state index is 11.4. The van der Waals surface area contributed by atoms with Crippen molar-refractivity contribution in [2.24, 2.45) is 0 Å². The highest BCUT2D eigenvalue weighted by Crippen LogP contribution is 2.20. The summed E-state index contributed by atoms with van der Waals surface area (Å²) in [5.74, 6) is 0. The van der Waals surface area contributed by atoms with Crippen molar-refractivity contribution in [3.05, 3.63) is 0 Å². The van der Waals surface area contributed by atoms with Crippen molar-refractivity contribution in [1.82, 2.24) is 4.90 Å². The van der Waals surface area contributed by atoms with Crippen LogP contribution in [0.3, 0.4) is 0 Å². The van der Waals surface area contributed by atoms with Crippen LogP contribution in [-0.4, -0.2) is 28.2 Å². The van der Waals surface area contributed by atoms with E-state index in [-0.39, 0.29) is 12.1 Å². The molecular formula is C13H27NO2. The maximum absolute atomic E-state index is 11.4. The fourth-order valence-electron chi connectivity index (χ4n) is 2.36. The number of carboxylic acid groups (broad SMARTS) is 1. The second-order valence-electron chi connectivity index (χ2n) is 4.39. The molecule has 0 aromatic carbocycles. The SMILES string of the molecule is CCCC(CC)N(C(=O)O)C(CC)CCC. The van der Waals surface area contributed by atoms with Crippen molar-refractivity contribution in [3.8, 4) is 0 Å². The first-order valence-electron chi connectivity index (χ1n) is 6.63. The van der Waals surface area contributed by atoms with Gasteiger partial charge in [0, 0.05) is 12.1 Å². The molecule has 0 bridgehead atoms. The monoisotopic (exact) mass is 229 g/mol. The molecule has 0 radical (unpaired) electrons. The van der Waals surface area contributed by atoms with Gasteiger partial charge >= 0.3 is 6.09 Å². The molecule has 16 heavy (non-hydrogen) atoms. The molecule has 0 heterocycles. The predicted octanol–water partition coefficient (Wildman–Crippen LogP) is 4.12. The quantitative estimate of drug-likeness (QED) is 0.680. The Balaban J connectivity index is 4.71. The number of carbonyl (C=O) groups is 1. The molecule has 0 rings (SSSR count). The Labute approximate surface area is 99.8 Å². The molecule has 0 saturated heterocycles. The topological polar surface area (TPSA) is 40.5 Å². The van der Waals surface area contributed by atoms with Crippen LogP contribution in [0.2, 0.25) is 0 Å². The lowest BCUT2D eigenvalue weighted by atomic mass is 10.0. The summed E-state index contributed by atoms with van der Waals surface area (Å²) in [6.07, 6.45) is 5.13. The van der Waals surface area contributed by atoms with Crippen LogP contribution in [-0.2, 0) is 0 Å². The first-order chi connectivity index (χ1) is 7.62. The Morgan fingerprint density at radius 1 is 1.00 bits per heavy atom. The summed E-state index contributed by atoms with van der Waals surface area (Å²) in [7, 11) is 0. The Morgan fingerprint density at radius 2 is 1.38 bits per heavy atom. The van der Waals surface area contributed by atoms with Gasteiger partial charge in [0.1, 0.15) is 0 Å². The van der Waals surface area contributed by atoms with Gasteiger partial charge in [0.15, 0.2) is 0 Å². The molecule has 2 atom stereocenters. The Kier molecular flexibility index (Phi) is 8.04. The van der Waals surface area contributed by atoms with Crippen molar-refractivity contribution in [2.75, 3.05) is 0 Å². The zero-order valence-electron chi connectivity index (χ0n) is 11.2. The van der Waals surface area contributed by atoms with Crippen molar-refractivity contribution >= 4 is 6.09 Å². The summed E-state index contributed by atoms with van der Waals surface area (Å²) in [5, 5.41) is 9.36. The molecule has 96 valence electrons. The van der Waals surface area contributed by atoms with Gasteiger partial charge in [0.2, 0.25) is 0 Å². The lowest BCUT2D eigenvalue weighted by Gasteiger charge is -2.35. The van der Waals surface area contributed by atoms with Crippen LogP contribution < -0.4 is 0 Å². The molecule has 1 amide bonds. The van der Waals surface area contributed by atoms with Crippen molar-refractivity contribution in [1.29, 1.82) is 0 Å². The lowest BCUT2D eigenvalue weighted by Crippen LogP contribution is -2.46. The highest BCUT2D eigenvalue weighted by atomic mass is 16.4. The molecule has 0 saturated carbocycles. The molecule has 0 aliphatic heterocycles. The van der Waals surface area contributed by atoms with E-state index in [1.165, 1.54) is 0 Å². The van der Waals surface area contributed by atoms with Gasteiger partial charge in [-0.1, -0.05) is 40.5 Å². The minimum absolute atomic E-state index is 0.194. The standard InChI is InChI=1S/C13H27NO2/c1-5-9-11(7-3)14(13(15)16)12(8-4)10-6-2/h11-12H,5-10H2,1-4H3,(H,15,16). The van der Waals surface area contributed by atoms with Crippen LogP contribution in [0, 0.1) is 0 Å². The average molecular weight is 229 g/mol. The summed E-state index contributed by atoms with van der Waals surface area (Å²) in [5.41, 5.74) is 0. The summed E-state index contributed by atoms with van der Waals surface area (Å²) in [6, 6.07) is 0.387. The van der Waals surface area contributed by atoms with Gasteiger partial charge in [-0.3, -0.25) is 0 Å². The summed E-state index contributed by atoms with van der Waals surface area (Å²) in [4.78, 5) is 13.1. The largest absolute Gasteiger partial charge is 0.465 e. The van der Waals surface area contributed by atoms with E-state index < -0.39 is 6.09 Å².